The molecule has 0 aromatic heterocycles. The van der Waals surface area contributed by atoms with Gasteiger partial charge in [-0.05, 0) is 18.9 Å². The third kappa shape index (κ3) is 6.72. The fourth-order valence-corrected chi connectivity index (χ4v) is 3.60. The average molecular weight is 406 g/mol. The molecule has 1 fully saturated rings. The molecule has 1 N–H and O–H groups in total. The van der Waals surface area contributed by atoms with Gasteiger partial charge in [0.2, 0.25) is 5.91 Å². The number of carbonyl (C=O) groups is 2. The van der Waals surface area contributed by atoms with E-state index in [2.05, 4.69) is 34.2 Å². The van der Waals surface area contributed by atoms with Gasteiger partial charge in [-0.2, -0.15) is 0 Å². The predicted octanol–water partition coefficient (Wildman–Crippen LogP) is 1.83. The molecule has 0 aliphatic carbocycles. The van der Waals surface area contributed by atoms with Crippen LogP contribution in [0.2, 0.25) is 0 Å². The van der Waals surface area contributed by atoms with Crippen molar-refractivity contribution >= 4 is 11.9 Å². The van der Waals surface area contributed by atoms with Crippen molar-refractivity contribution in [2.45, 2.75) is 39.8 Å². The predicted molar refractivity (Wildman–Crippen MR) is 113 cm³/mol. The number of hydrogen-bond acceptors (Lipinski definition) is 6. The van der Waals surface area contributed by atoms with E-state index in [9.17, 15) is 9.59 Å². The summed E-state index contributed by atoms with van der Waals surface area (Å²) in [6.07, 6.45) is 0.793. The second-order valence-corrected chi connectivity index (χ2v) is 7.82. The summed E-state index contributed by atoms with van der Waals surface area (Å²) in [6.45, 7) is 10.6. The lowest BCUT2D eigenvalue weighted by Crippen LogP contribution is -2.52. The monoisotopic (exact) mass is 405 g/mol. The minimum Gasteiger partial charge on any atom is -0.496 e. The Kier molecular flexibility index (Phi) is 8.92. The number of ether oxygens (including phenoxy) is 2. The highest BCUT2D eigenvalue weighted by atomic mass is 16.5. The van der Waals surface area contributed by atoms with Gasteiger partial charge in [-0.15, -0.1) is 0 Å². The van der Waals surface area contributed by atoms with Gasteiger partial charge in [-0.25, -0.2) is 4.79 Å². The first-order chi connectivity index (χ1) is 13.9. The van der Waals surface area contributed by atoms with Gasteiger partial charge in [0, 0.05) is 38.3 Å². The van der Waals surface area contributed by atoms with Crippen LogP contribution in [0.1, 0.15) is 31.4 Å². The van der Waals surface area contributed by atoms with Gasteiger partial charge in [0.1, 0.15) is 11.8 Å². The molecule has 7 nitrogen and oxygen atoms in total. The van der Waals surface area contributed by atoms with Crippen molar-refractivity contribution in [3.05, 3.63) is 29.3 Å². The van der Waals surface area contributed by atoms with Crippen LogP contribution in [-0.4, -0.2) is 74.7 Å². The van der Waals surface area contributed by atoms with E-state index < -0.39 is 6.04 Å². The van der Waals surface area contributed by atoms with Crippen molar-refractivity contribution in [3.8, 4) is 5.75 Å². The molecule has 1 saturated heterocycles. The van der Waals surface area contributed by atoms with E-state index in [1.54, 1.807) is 7.11 Å². The van der Waals surface area contributed by atoms with Crippen molar-refractivity contribution in [2.24, 2.45) is 5.92 Å². The van der Waals surface area contributed by atoms with Crippen LogP contribution in [0, 0.1) is 12.8 Å². The van der Waals surface area contributed by atoms with Crippen LogP contribution in [0.3, 0.4) is 0 Å². The third-order valence-corrected chi connectivity index (χ3v) is 5.65. The standard InChI is InChI=1S/C22H35N3O4/c1-6-17(3)21(22(27)29-5)23-20(26)15-25-11-9-24(10-12-25)14-18-13-16(2)7-8-19(18)28-4/h7-8,13,17,21H,6,9-12,14-15H2,1-5H3,(H,23,26)/t17-,21+/m1/s1. The minimum atomic E-state index is -0.590. The second kappa shape index (κ2) is 11.2. The van der Waals surface area contributed by atoms with Crippen molar-refractivity contribution in [1.82, 2.24) is 15.1 Å². The molecule has 29 heavy (non-hydrogen) atoms. The lowest BCUT2D eigenvalue weighted by atomic mass is 9.99. The number of nitrogens with zero attached hydrogens (tertiary/aromatic N) is 2. The van der Waals surface area contributed by atoms with Crippen LogP contribution in [-0.2, 0) is 20.9 Å². The number of esters is 1. The molecule has 1 aliphatic rings. The molecule has 0 bridgehead atoms. The molecule has 2 rings (SSSR count). The second-order valence-electron chi connectivity index (χ2n) is 7.82. The molecule has 0 saturated carbocycles. The summed E-state index contributed by atoms with van der Waals surface area (Å²) in [6, 6.07) is 5.65. The molecular weight excluding hydrogens is 370 g/mol. The number of hydrogen-bond donors (Lipinski definition) is 1. The van der Waals surface area contributed by atoms with E-state index in [4.69, 9.17) is 9.47 Å². The Labute approximate surface area is 174 Å². The van der Waals surface area contributed by atoms with Crippen molar-refractivity contribution < 1.29 is 19.1 Å². The van der Waals surface area contributed by atoms with Crippen LogP contribution in [0.5, 0.6) is 5.75 Å². The zero-order chi connectivity index (χ0) is 21.4. The van der Waals surface area contributed by atoms with Gasteiger partial charge >= 0.3 is 5.97 Å². The fraction of sp³-hybridized carbons (Fsp3) is 0.636. The quantitative estimate of drug-likeness (QED) is 0.632. The molecule has 0 radical (unpaired) electrons. The molecule has 2 atom stereocenters. The summed E-state index contributed by atoms with van der Waals surface area (Å²) < 4.78 is 10.3. The van der Waals surface area contributed by atoms with Crippen LogP contribution in [0.4, 0.5) is 0 Å². The Morgan fingerprint density at radius 1 is 1.14 bits per heavy atom. The van der Waals surface area contributed by atoms with Gasteiger partial charge in [0.05, 0.1) is 20.8 Å². The van der Waals surface area contributed by atoms with Gasteiger partial charge in [0.15, 0.2) is 0 Å². The topological polar surface area (TPSA) is 71.1 Å². The largest absolute Gasteiger partial charge is 0.496 e. The Morgan fingerprint density at radius 3 is 2.38 bits per heavy atom. The molecular formula is C22H35N3O4. The number of piperazine rings is 1. The summed E-state index contributed by atoms with van der Waals surface area (Å²) in [5, 5.41) is 2.85. The normalized spacial score (nSPS) is 17.4. The number of amides is 1. The summed E-state index contributed by atoms with van der Waals surface area (Å²) in [5.41, 5.74) is 2.41. The highest BCUT2D eigenvalue weighted by Crippen LogP contribution is 2.22. The molecule has 162 valence electrons. The first-order valence-electron chi connectivity index (χ1n) is 10.3. The zero-order valence-electron chi connectivity index (χ0n) is 18.4. The lowest BCUT2D eigenvalue weighted by molar-refractivity contribution is -0.146. The number of carbonyl (C=O) groups excluding carboxylic acids is 2. The molecule has 1 aliphatic heterocycles. The van der Waals surface area contributed by atoms with Crippen molar-refractivity contribution in [2.75, 3.05) is 46.9 Å². The van der Waals surface area contributed by atoms with Crippen LogP contribution in [0.15, 0.2) is 18.2 Å². The average Bonchev–Trinajstić information content (AvgIpc) is 2.72. The van der Waals surface area contributed by atoms with E-state index >= 15 is 0 Å². The highest BCUT2D eigenvalue weighted by Gasteiger charge is 2.28. The maximum atomic E-state index is 12.5. The van der Waals surface area contributed by atoms with E-state index in [1.807, 2.05) is 19.9 Å². The maximum absolute atomic E-state index is 12.5. The fourth-order valence-electron chi connectivity index (χ4n) is 3.60. The van der Waals surface area contributed by atoms with E-state index in [1.165, 1.54) is 18.2 Å². The SMILES string of the molecule is CC[C@@H](C)[C@H](NC(=O)CN1CCN(Cc2cc(C)ccc2OC)CC1)C(=O)OC. The Morgan fingerprint density at radius 2 is 1.79 bits per heavy atom. The summed E-state index contributed by atoms with van der Waals surface area (Å²) in [7, 11) is 3.05. The molecule has 7 heteroatoms. The first kappa shape index (κ1) is 23.2. The smallest absolute Gasteiger partial charge is 0.328 e. The van der Waals surface area contributed by atoms with Crippen molar-refractivity contribution in [3.63, 3.8) is 0 Å². The maximum Gasteiger partial charge on any atom is 0.328 e. The molecule has 1 aromatic carbocycles. The van der Waals surface area contributed by atoms with Gasteiger partial charge in [-0.1, -0.05) is 38.0 Å². The van der Waals surface area contributed by atoms with E-state index in [0.717, 1.165) is 44.9 Å². The summed E-state index contributed by atoms with van der Waals surface area (Å²) >= 11 is 0. The molecule has 0 unspecified atom stereocenters. The van der Waals surface area contributed by atoms with Gasteiger partial charge < -0.3 is 14.8 Å². The Bertz CT molecular complexity index is 687. The number of benzene rings is 1. The number of rotatable bonds is 9. The summed E-state index contributed by atoms with van der Waals surface area (Å²) in [4.78, 5) is 28.9. The van der Waals surface area contributed by atoms with Gasteiger partial charge in [0.25, 0.3) is 0 Å². The minimum absolute atomic E-state index is 0.0348. The summed E-state index contributed by atoms with van der Waals surface area (Å²) in [5.74, 6) is 0.433. The third-order valence-electron chi connectivity index (χ3n) is 5.65. The lowest BCUT2D eigenvalue weighted by Gasteiger charge is -2.35. The Balaban J connectivity index is 1.84. The molecule has 1 aromatic rings. The van der Waals surface area contributed by atoms with Crippen LogP contribution in [0.25, 0.3) is 0 Å². The van der Waals surface area contributed by atoms with E-state index in [-0.39, 0.29) is 17.8 Å². The molecule has 1 heterocycles. The van der Waals surface area contributed by atoms with Crippen LogP contribution >= 0.6 is 0 Å². The zero-order valence-corrected chi connectivity index (χ0v) is 18.4. The number of nitrogens with one attached hydrogen (secondary N) is 1. The van der Waals surface area contributed by atoms with Crippen LogP contribution < -0.4 is 10.1 Å². The molecule has 1 amide bonds. The van der Waals surface area contributed by atoms with Gasteiger partial charge in [-0.3, -0.25) is 14.6 Å². The van der Waals surface area contributed by atoms with E-state index in [0.29, 0.717) is 6.54 Å². The number of aryl methyl sites for hydroxylation is 1. The highest BCUT2D eigenvalue weighted by molar-refractivity contribution is 5.85. The molecule has 0 spiro atoms. The number of methoxy groups -OCH3 is 2. The van der Waals surface area contributed by atoms with Crippen molar-refractivity contribution in [1.29, 1.82) is 0 Å². The Hall–Kier alpha value is -2.12. The first-order valence-corrected chi connectivity index (χ1v) is 10.3.